The Morgan fingerprint density at radius 3 is 2.34 bits per heavy atom. The number of carboxylic acids is 1. The lowest BCUT2D eigenvalue weighted by Crippen LogP contribution is -2.55. The molecule has 198 valence electrons. The second-order valence-corrected chi connectivity index (χ2v) is 11.1. The molecular formula is C22H35N2O10P. The van der Waals surface area contributed by atoms with Crippen LogP contribution in [0.3, 0.4) is 0 Å². The molecule has 1 amide bonds. The van der Waals surface area contributed by atoms with Gasteiger partial charge in [0.1, 0.15) is 0 Å². The fraction of sp³-hybridized carbons (Fsp3) is 0.636. The number of aliphatic carboxylic acids is 1. The minimum atomic E-state index is -4.50. The van der Waals surface area contributed by atoms with Gasteiger partial charge >= 0.3 is 13.6 Å². The van der Waals surface area contributed by atoms with E-state index < -0.39 is 74.8 Å². The van der Waals surface area contributed by atoms with Crippen LogP contribution in [-0.4, -0.2) is 97.6 Å². The summed E-state index contributed by atoms with van der Waals surface area (Å²) in [5, 5.41) is 53.8. The van der Waals surface area contributed by atoms with E-state index in [4.69, 9.17) is 9.63 Å². The van der Waals surface area contributed by atoms with Crippen LogP contribution in [0, 0.1) is 6.92 Å². The standard InChI is InChI=1S/C22H35N2O10P/c1-13-3-5-14(6-4-13)7-8-18(27)24-22(2,21(30)31)12-34-35(32,33)11-15(26)9-16-19(28)20(29)17(10-25)23-16/h3-6,15-17,19-20,23,25-26,28-29H,7-12H2,1-2H3,(H,24,27)(H,30,31)(H,32,33)/t15-,16-,17-,19-,20-,22?/m1/s1. The maximum atomic E-state index is 12.5. The summed E-state index contributed by atoms with van der Waals surface area (Å²) in [6.07, 6.45) is -4.63. The quantitative estimate of drug-likeness (QED) is 0.147. The molecule has 1 aliphatic rings. The number of amides is 1. The minimum Gasteiger partial charge on any atom is -0.479 e. The Kier molecular flexibility index (Phi) is 10.4. The number of aryl methyl sites for hydroxylation is 2. The van der Waals surface area contributed by atoms with Crippen molar-refractivity contribution in [2.75, 3.05) is 19.4 Å². The van der Waals surface area contributed by atoms with Crippen LogP contribution < -0.4 is 10.6 Å². The van der Waals surface area contributed by atoms with Crippen LogP contribution in [0.4, 0.5) is 0 Å². The molecule has 0 aromatic heterocycles. The second kappa shape index (κ2) is 12.4. The topological polar surface area (TPSA) is 206 Å². The summed E-state index contributed by atoms with van der Waals surface area (Å²) in [4.78, 5) is 34.2. The van der Waals surface area contributed by atoms with Crippen molar-refractivity contribution in [2.24, 2.45) is 0 Å². The van der Waals surface area contributed by atoms with E-state index in [9.17, 15) is 39.5 Å². The number of hydrogen-bond donors (Lipinski definition) is 8. The highest BCUT2D eigenvalue weighted by Gasteiger charge is 2.42. The van der Waals surface area contributed by atoms with E-state index in [-0.39, 0.29) is 12.8 Å². The molecule has 1 saturated heterocycles. The van der Waals surface area contributed by atoms with Crippen LogP contribution in [0.5, 0.6) is 0 Å². The molecule has 8 N–H and O–H groups in total. The van der Waals surface area contributed by atoms with Gasteiger partial charge in [0.15, 0.2) is 5.54 Å². The van der Waals surface area contributed by atoms with Gasteiger partial charge in [-0.15, -0.1) is 0 Å². The molecule has 0 saturated carbocycles. The number of aliphatic hydroxyl groups is 4. The van der Waals surface area contributed by atoms with E-state index in [0.29, 0.717) is 6.42 Å². The largest absolute Gasteiger partial charge is 0.479 e. The number of aliphatic hydroxyl groups excluding tert-OH is 4. The van der Waals surface area contributed by atoms with Gasteiger partial charge < -0.3 is 45.6 Å². The van der Waals surface area contributed by atoms with Crippen molar-refractivity contribution < 1.29 is 49.1 Å². The number of carboxylic acid groups (broad SMARTS) is 1. The molecule has 1 heterocycles. The van der Waals surface area contributed by atoms with Gasteiger partial charge in [0.2, 0.25) is 5.91 Å². The smallest absolute Gasteiger partial charge is 0.331 e. The van der Waals surface area contributed by atoms with Gasteiger partial charge in [0.05, 0.1) is 43.7 Å². The van der Waals surface area contributed by atoms with E-state index in [1.165, 1.54) is 0 Å². The average Bonchev–Trinajstić information content (AvgIpc) is 3.04. The van der Waals surface area contributed by atoms with Gasteiger partial charge in [-0.2, -0.15) is 0 Å². The first-order valence-corrected chi connectivity index (χ1v) is 13.0. The molecule has 35 heavy (non-hydrogen) atoms. The van der Waals surface area contributed by atoms with Crippen LogP contribution >= 0.6 is 7.60 Å². The van der Waals surface area contributed by atoms with Crippen LogP contribution in [0.15, 0.2) is 24.3 Å². The predicted molar refractivity (Wildman–Crippen MR) is 125 cm³/mol. The molecular weight excluding hydrogens is 483 g/mol. The zero-order chi connectivity index (χ0) is 26.4. The Morgan fingerprint density at radius 2 is 1.80 bits per heavy atom. The first kappa shape index (κ1) is 29.3. The van der Waals surface area contributed by atoms with Gasteiger partial charge in [0, 0.05) is 12.5 Å². The molecule has 1 fully saturated rings. The maximum absolute atomic E-state index is 12.5. The van der Waals surface area contributed by atoms with E-state index in [2.05, 4.69) is 10.6 Å². The predicted octanol–water partition coefficient (Wildman–Crippen LogP) is -1.11. The summed E-state index contributed by atoms with van der Waals surface area (Å²) >= 11 is 0. The molecule has 1 aromatic rings. The van der Waals surface area contributed by atoms with Crippen LogP contribution in [0.2, 0.25) is 0 Å². The van der Waals surface area contributed by atoms with Gasteiger partial charge in [-0.05, 0) is 32.3 Å². The third-order valence-electron chi connectivity index (χ3n) is 5.97. The van der Waals surface area contributed by atoms with Crippen molar-refractivity contribution in [3.8, 4) is 0 Å². The normalized spacial score (nSPS) is 26.5. The molecule has 12 nitrogen and oxygen atoms in total. The molecule has 0 aliphatic carbocycles. The molecule has 0 spiro atoms. The zero-order valence-corrected chi connectivity index (χ0v) is 20.6. The van der Waals surface area contributed by atoms with Gasteiger partial charge in [-0.3, -0.25) is 9.36 Å². The Labute approximate surface area is 203 Å². The summed E-state index contributed by atoms with van der Waals surface area (Å²) in [6, 6.07) is 5.87. The Bertz CT molecular complexity index is 914. The third kappa shape index (κ3) is 8.62. The number of benzene rings is 1. The molecule has 0 bridgehead atoms. The van der Waals surface area contributed by atoms with Crippen molar-refractivity contribution in [1.82, 2.24) is 10.6 Å². The highest BCUT2D eigenvalue weighted by atomic mass is 31.2. The highest BCUT2D eigenvalue weighted by Crippen LogP contribution is 2.44. The molecule has 7 atom stereocenters. The lowest BCUT2D eigenvalue weighted by atomic mass is 10.0. The Balaban J connectivity index is 1.88. The number of nitrogens with one attached hydrogen (secondary N) is 2. The number of rotatable bonds is 13. The maximum Gasteiger partial charge on any atom is 0.331 e. The van der Waals surface area contributed by atoms with Crippen molar-refractivity contribution in [3.05, 3.63) is 35.4 Å². The van der Waals surface area contributed by atoms with Crippen LogP contribution in [0.25, 0.3) is 0 Å². The van der Waals surface area contributed by atoms with E-state index in [1.54, 1.807) is 0 Å². The first-order chi connectivity index (χ1) is 16.3. The molecule has 2 unspecified atom stereocenters. The lowest BCUT2D eigenvalue weighted by Gasteiger charge is -2.28. The molecule has 1 aromatic carbocycles. The molecule has 2 rings (SSSR count). The minimum absolute atomic E-state index is 0.00116. The number of carbonyl (C=O) groups is 2. The van der Waals surface area contributed by atoms with E-state index in [1.807, 2.05) is 31.2 Å². The van der Waals surface area contributed by atoms with Crippen molar-refractivity contribution >= 4 is 19.5 Å². The Morgan fingerprint density at radius 1 is 1.20 bits per heavy atom. The monoisotopic (exact) mass is 518 g/mol. The van der Waals surface area contributed by atoms with Gasteiger partial charge in [0.25, 0.3) is 0 Å². The van der Waals surface area contributed by atoms with Crippen molar-refractivity contribution in [3.63, 3.8) is 0 Å². The van der Waals surface area contributed by atoms with Crippen LogP contribution in [0.1, 0.15) is 30.9 Å². The van der Waals surface area contributed by atoms with Gasteiger partial charge in [-0.25, -0.2) is 4.79 Å². The lowest BCUT2D eigenvalue weighted by molar-refractivity contribution is -0.148. The SMILES string of the molecule is Cc1ccc(CCC(=O)NC(C)(COP(=O)(O)C[C@H](O)C[C@H]2N[C@H](CO)[C@@H](O)[C@@H]2O)C(=O)O)cc1. The fourth-order valence-electron chi connectivity index (χ4n) is 3.77. The number of carbonyl (C=O) groups excluding carboxylic acids is 1. The van der Waals surface area contributed by atoms with E-state index in [0.717, 1.165) is 18.1 Å². The highest BCUT2D eigenvalue weighted by molar-refractivity contribution is 7.52. The van der Waals surface area contributed by atoms with Crippen LogP contribution in [-0.2, 0) is 25.1 Å². The van der Waals surface area contributed by atoms with Gasteiger partial charge in [-0.1, -0.05) is 29.8 Å². The Hall–Kier alpha value is -1.89. The summed E-state index contributed by atoms with van der Waals surface area (Å²) in [7, 11) is -4.50. The van der Waals surface area contributed by atoms with Crippen molar-refractivity contribution in [2.45, 2.75) is 69.0 Å². The molecule has 0 radical (unpaired) electrons. The van der Waals surface area contributed by atoms with Crippen molar-refractivity contribution in [1.29, 1.82) is 0 Å². The third-order valence-corrected chi connectivity index (χ3v) is 7.39. The summed E-state index contributed by atoms with van der Waals surface area (Å²) in [5.74, 6) is -2.05. The summed E-state index contributed by atoms with van der Waals surface area (Å²) in [5.41, 5.74) is -0.0300. The summed E-state index contributed by atoms with van der Waals surface area (Å²) < 4.78 is 17.4. The zero-order valence-electron chi connectivity index (χ0n) is 19.7. The molecule has 13 heteroatoms. The summed E-state index contributed by atoms with van der Waals surface area (Å²) in [6.45, 7) is 1.80. The number of hydrogen-bond acceptors (Lipinski definition) is 9. The molecule has 1 aliphatic heterocycles. The fourth-order valence-corrected chi connectivity index (χ4v) is 5.01. The van der Waals surface area contributed by atoms with E-state index >= 15 is 0 Å². The second-order valence-electron chi connectivity index (χ2n) is 9.20. The first-order valence-electron chi connectivity index (χ1n) is 11.2. The average molecular weight is 519 g/mol.